The van der Waals surface area contributed by atoms with Gasteiger partial charge in [-0.2, -0.15) is 10.5 Å². The molecule has 0 atom stereocenters. The molecule has 0 bridgehead atoms. The summed E-state index contributed by atoms with van der Waals surface area (Å²) in [6.45, 7) is 1.63. The SMILES string of the molecule is COc1ccccc1NC(=O)CSc1nc(N)c(C#N)c(C)c1C#N. The normalized spacial score (nSPS) is 9.76. The molecule has 1 aromatic carbocycles. The number of para-hydroxylation sites is 2. The summed E-state index contributed by atoms with van der Waals surface area (Å²) in [6.07, 6.45) is 0. The summed E-state index contributed by atoms with van der Waals surface area (Å²) in [5.74, 6) is 0.354. The molecule has 0 saturated heterocycles. The van der Waals surface area contributed by atoms with Crippen LogP contribution in [-0.4, -0.2) is 23.8 Å². The predicted octanol–water partition coefficient (Wildman–Crippen LogP) is 2.45. The number of carbonyl (C=O) groups excluding carboxylic acids is 1. The maximum absolute atomic E-state index is 12.2. The number of anilines is 2. The number of nitrogens with two attached hydrogens (primary N) is 1. The fourth-order valence-electron chi connectivity index (χ4n) is 2.14. The van der Waals surface area contributed by atoms with Gasteiger partial charge in [0.2, 0.25) is 5.91 Å². The minimum Gasteiger partial charge on any atom is -0.495 e. The molecule has 3 N–H and O–H groups in total. The van der Waals surface area contributed by atoms with Gasteiger partial charge in [-0.05, 0) is 24.6 Å². The molecule has 1 heterocycles. The number of thioether (sulfide) groups is 1. The standard InChI is InChI=1S/C17H15N5O2S/c1-10-11(7-18)16(20)22-17(12(10)8-19)25-9-15(23)21-13-5-3-4-6-14(13)24-2/h3-6H,9H2,1-2H3,(H2,20,22)(H,21,23). The Hall–Kier alpha value is -3.23. The molecule has 8 heteroatoms. The maximum Gasteiger partial charge on any atom is 0.234 e. The number of nitrogen functional groups attached to an aromatic ring is 1. The fourth-order valence-corrected chi connectivity index (χ4v) is 2.99. The van der Waals surface area contributed by atoms with Gasteiger partial charge in [0.05, 0.1) is 29.7 Å². The highest BCUT2D eigenvalue weighted by Crippen LogP contribution is 2.28. The molecule has 0 fully saturated rings. The number of carbonyl (C=O) groups is 1. The number of nitriles is 2. The molecule has 25 heavy (non-hydrogen) atoms. The first kappa shape index (κ1) is 18.1. The van der Waals surface area contributed by atoms with Gasteiger partial charge in [0.15, 0.2) is 0 Å². The molecule has 0 aliphatic heterocycles. The number of hydrogen-bond acceptors (Lipinski definition) is 7. The minimum absolute atomic E-state index is 0.0323. The highest BCUT2D eigenvalue weighted by Gasteiger charge is 2.17. The van der Waals surface area contributed by atoms with Crippen molar-refractivity contribution in [3.63, 3.8) is 0 Å². The van der Waals surface area contributed by atoms with Crippen LogP contribution < -0.4 is 15.8 Å². The van der Waals surface area contributed by atoms with Crippen molar-refractivity contribution in [3.8, 4) is 17.9 Å². The summed E-state index contributed by atoms with van der Waals surface area (Å²) in [7, 11) is 1.52. The van der Waals surface area contributed by atoms with Crippen LogP contribution in [0, 0.1) is 29.6 Å². The lowest BCUT2D eigenvalue weighted by atomic mass is 10.1. The van der Waals surface area contributed by atoms with E-state index in [0.717, 1.165) is 11.8 Å². The lowest BCUT2D eigenvalue weighted by Crippen LogP contribution is -2.15. The second kappa shape index (κ2) is 8.04. The Labute approximate surface area is 149 Å². The first-order valence-corrected chi connectivity index (χ1v) is 8.16. The van der Waals surface area contributed by atoms with Crippen LogP contribution in [-0.2, 0) is 4.79 Å². The minimum atomic E-state index is -0.277. The number of benzene rings is 1. The highest BCUT2D eigenvalue weighted by molar-refractivity contribution is 8.00. The van der Waals surface area contributed by atoms with Gasteiger partial charge in [-0.1, -0.05) is 23.9 Å². The van der Waals surface area contributed by atoms with Gasteiger partial charge in [-0.25, -0.2) is 4.98 Å². The number of rotatable bonds is 5. The summed E-state index contributed by atoms with van der Waals surface area (Å²) in [5, 5.41) is 21.5. The number of aromatic nitrogens is 1. The van der Waals surface area contributed by atoms with Gasteiger partial charge < -0.3 is 15.8 Å². The molecular formula is C17H15N5O2S. The summed E-state index contributed by atoms with van der Waals surface area (Å²) in [4.78, 5) is 16.2. The zero-order chi connectivity index (χ0) is 18.4. The van der Waals surface area contributed by atoms with Crippen molar-refractivity contribution >= 4 is 29.2 Å². The van der Waals surface area contributed by atoms with Crippen LogP contribution in [0.25, 0.3) is 0 Å². The topological polar surface area (TPSA) is 125 Å². The molecule has 1 amide bonds. The molecule has 126 valence electrons. The van der Waals surface area contributed by atoms with E-state index in [1.54, 1.807) is 31.2 Å². The fraction of sp³-hybridized carbons (Fsp3) is 0.176. The van der Waals surface area contributed by atoms with Crippen LogP contribution in [0.15, 0.2) is 29.3 Å². The molecule has 0 saturated carbocycles. The van der Waals surface area contributed by atoms with E-state index < -0.39 is 0 Å². The van der Waals surface area contributed by atoms with Crippen LogP contribution in [0.1, 0.15) is 16.7 Å². The first-order chi connectivity index (χ1) is 12.0. The number of hydrogen-bond donors (Lipinski definition) is 2. The lowest BCUT2D eigenvalue weighted by molar-refractivity contribution is -0.113. The first-order valence-electron chi connectivity index (χ1n) is 7.17. The van der Waals surface area contributed by atoms with Crippen molar-refractivity contribution in [3.05, 3.63) is 41.0 Å². The van der Waals surface area contributed by atoms with Gasteiger partial charge >= 0.3 is 0 Å². The third-order valence-corrected chi connectivity index (χ3v) is 4.36. The highest BCUT2D eigenvalue weighted by atomic mass is 32.2. The average molecular weight is 353 g/mol. The van der Waals surface area contributed by atoms with E-state index in [2.05, 4.69) is 10.3 Å². The molecule has 7 nitrogen and oxygen atoms in total. The number of methoxy groups -OCH3 is 1. The number of nitrogens with zero attached hydrogens (tertiary/aromatic N) is 3. The number of amides is 1. The van der Waals surface area contributed by atoms with Crippen molar-refractivity contribution in [2.45, 2.75) is 11.9 Å². The predicted molar refractivity (Wildman–Crippen MR) is 95.2 cm³/mol. The Balaban J connectivity index is 2.15. The van der Waals surface area contributed by atoms with Gasteiger partial charge in [-0.15, -0.1) is 0 Å². The molecule has 0 spiro atoms. The molecule has 0 aliphatic rings. The van der Waals surface area contributed by atoms with Crippen LogP contribution in [0.5, 0.6) is 5.75 Å². The van der Waals surface area contributed by atoms with Crippen molar-refractivity contribution in [2.75, 3.05) is 23.9 Å². The Morgan fingerprint density at radius 3 is 2.64 bits per heavy atom. The zero-order valence-corrected chi connectivity index (χ0v) is 14.5. The van der Waals surface area contributed by atoms with E-state index >= 15 is 0 Å². The molecule has 2 rings (SSSR count). The second-order valence-corrected chi connectivity index (χ2v) is 5.90. The molecular weight excluding hydrogens is 338 g/mol. The van der Waals surface area contributed by atoms with Crippen molar-refractivity contribution < 1.29 is 9.53 Å². The van der Waals surface area contributed by atoms with Gasteiger partial charge in [0.25, 0.3) is 0 Å². The molecule has 2 aromatic rings. The van der Waals surface area contributed by atoms with E-state index in [9.17, 15) is 10.1 Å². The second-order valence-electron chi connectivity index (χ2n) is 4.94. The Morgan fingerprint density at radius 2 is 2.00 bits per heavy atom. The van der Waals surface area contributed by atoms with Gasteiger partial charge in [0, 0.05) is 0 Å². The summed E-state index contributed by atoms with van der Waals surface area (Å²) in [6, 6.07) is 11.0. The quantitative estimate of drug-likeness (QED) is 0.791. The molecule has 1 aromatic heterocycles. The van der Waals surface area contributed by atoms with E-state index in [1.165, 1.54) is 7.11 Å². The van der Waals surface area contributed by atoms with Crippen molar-refractivity contribution in [1.82, 2.24) is 4.98 Å². The van der Waals surface area contributed by atoms with Crippen molar-refractivity contribution in [2.24, 2.45) is 0 Å². The monoisotopic (exact) mass is 353 g/mol. The number of nitrogens with one attached hydrogen (secondary N) is 1. The molecule has 0 radical (unpaired) electrons. The third kappa shape index (κ3) is 4.00. The zero-order valence-electron chi connectivity index (χ0n) is 13.7. The van der Waals surface area contributed by atoms with E-state index in [-0.39, 0.29) is 28.6 Å². The van der Waals surface area contributed by atoms with E-state index in [1.807, 2.05) is 12.1 Å². The number of ether oxygens (including phenoxy) is 1. The Morgan fingerprint density at radius 1 is 1.32 bits per heavy atom. The summed E-state index contributed by atoms with van der Waals surface area (Å²) < 4.78 is 5.18. The van der Waals surface area contributed by atoms with E-state index in [4.69, 9.17) is 15.7 Å². The van der Waals surface area contributed by atoms with E-state index in [0.29, 0.717) is 22.0 Å². The van der Waals surface area contributed by atoms with Crippen LogP contribution in [0.3, 0.4) is 0 Å². The molecule has 0 aliphatic carbocycles. The van der Waals surface area contributed by atoms with Crippen molar-refractivity contribution in [1.29, 1.82) is 10.5 Å². The Bertz CT molecular complexity index is 899. The van der Waals surface area contributed by atoms with Crippen LogP contribution >= 0.6 is 11.8 Å². The third-order valence-electron chi connectivity index (χ3n) is 3.39. The summed E-state index contributed by atoms with van der Waals surface area (Å²) in [5.41, 5.74) is 7.20. The van der Waals surface area contributed by atoms with Crippen LogP contribution in [0.4, 0.5) is 11.5 Å². The smallest absolute Gasteiger partial charge is 0.234 e. The lowest BCUT2D eigenvalue weighted by Gasteiger charge is -2.11. The largest absolute Gasteiger partial charge is 0.495 e. The maximum atomic E-state index is 12.2. The average Bonchev–Trinajstić information content (AvgIpc) is 2.60. The van der Waals surface area contributed by atoms with Gasteiger partial charge in [0.1, 0.15) is 28.7 Å². The molecule has 0 unspecified atom stereocenters. The van der Waals surface area contributed by atoms with Crippen LogP contribution in [0.2, 0.25) is 0 Å². The summed E-state index contributed by atoms with van der Waals surface area (Å²) >= 11 is 1.08. The Kier molecular flexibility index (Phi) is 5.83. The van der Waals surface area contributed by atoms with Gasteiger partial charge in [-0.3, -0.25) is 4.79 Å². The number of pyridine rings is 1.